The van der Waals surface area contributed by atoms with E-state index in [1.54, 1.807) is 6.92 Å². The lowest BCUT2D eigenvalue weighted by atomic mass is 9.98. The second-order valence-electron chi connectivity index (χ2n) is 8.48. The van der Waals surface area contributed by atoms with E-state index >= 15 is 0 Å². The summed E-state index contributed by atoms with van der Waals surface area (Å²) in [6, 6.07) is 15.6. The summed E-state index contributed by atoms with van der Waals surface area (Å²) in [5.41, 5.74) is 2.61. The third kappa shape index (κ3) is 4.18. The predicted octanol–water partition coefficient (Wildman–Crippen LogP) is 2.35. The molecule has 168 valence electrons. The summed E-state index contributed by atoms with van der Waals surface area (Å²) < 4.78 is 5.49. The van der Waals surface area contributed by atoms with E-state index in [4.69, 9.17) is 9.84 Å². The Morgan fingerprint density at radius 2 is 1.72 bits per heavy atom. The summed E-state index contributed by atoms with van der Waals surface area (Å²) in [6.45, 7) is 1.77. The molecule has 2 aliphatic rings. The quantitative estimate of drug-likeness (QED) is 0.638. The van der Waals surface area contributed by atoms with Crippen molar-refractivity contribution in [3.8, 4) is 11.1 Å². The summed E-state index contributed by atoms with van der Waals surface area (Å²) in [5, 5.41) is 21.7. The monoisotopic (exact) mass is 438 g/mol. The highest BCUT2D eigenvalue weighted by atomic mass is 16.5. The Kier molecular flexibility index (Phi) is 5.88. The number of alkyl carbamates (subject to hydrolysis) is 1. The number of hydrogen-bond acceptors (Lipinski definition) is 5. The molecule has 2 atom stereocenters. The van der Waals surface area contributed by atoms with Gasteiger partial charge in [0.1, 0.15) is 6.61 Å². The van der Waals surface area contributed by atoms with Gasteiger partial charge in [-0.3, -0.25) is 4.79 Å². The summed E-state index contributed by atoms with van der Waals surface area (Å²) in [6.07, 6.45) is -0.641. The number of fused-ring (bicyclic) bond motifs is 3. The highest BCUT2D eigenvalue weighted by Crippen LogP contribution is 2.44. The Balaban J connectivity index is 1.30. The summed E-state index contributed by atoms with van der Waals surface area (Å²) in [4.78, 5) is 37.2. The van der Waals surface area contributed by atoms with Crippen LogP contribution in [0.15, 0.2) is 48.5 Å². The number of hydrogen-bond donors (Lipinski definition) is 3. The molecule has 0 aromatic heterocycles. The maximum Gasteiger partial charge on any atom is 0.407 e. The van der Waals surface area contributed by atoms with Crippen molar-refractivity contribution in [2.24, 2.45) is 0 Å². The molecule has 1 saturated heterocycles. The third-order valence-corrected chi connectivity index (χ3v) is 6.19. The smallest absolute Gasteiger partial charge is 0.407 e. The Morgan fingerprint density at radius 3 is 2.28 bits per heavy atom. The third-order valence-electron chi connectivity index (χ3n) is 6.19. The molecule has 0 bridgehead atoms. The molecule has 4 rings (SSSR count). The van der Waals surface area contributed by atoms with Gasteiger partial charge < -0.3 is 25.2 Å². The summed E-state index contributed by atoms with van der Waals surface area (Å²) in [7, 11) is 0. The van der Waals surface area contributed by atoms with Gasteiger partial charge in [-0.25, -0.2) is 9.59 Å². The lowest BCUT2D eigenvalue weighted by Crippen LogP contribution is -2.44. The number of likely N-dealkylation sites (tertiary alicyclic amines) is 1. The molecule has 1 aliphatic carbocycles. The molecular formula is C24H26N2O6. The molecule has 1 aliphatic heterocycles. The highest BCUT2D eigenvalue weighted by molar-refractivity contribution is 5.83. The fraction of sp³-hybridized carbons (Fsp3) is 0.375. The van der Waals surface area contributed by atoms with Gasteiger partial charge in [0, 0.05) is 31.3 Å². The second-order valence-corrected chi connectivity index (χ2v) is 8.48. The number of carboxylic acid groups (broad SMARTS) is 1. The molecule has 8 nitrogen and oxygen atoms in total. The zero-order valence-electron chi connectivity index (χ0n) is 17.8. The number of carboxylic acids is 1. The number of β-amino-alcohol motifs (C(OH)–C–C–N with tert-alkyl or cyclic N) is 1. The minimum Gasteiger partial charge on any atom is -0.479 e. The van der Waals surface area contributed by atoms with Crippen molar-refractivity contribution in [3.63, 3.8) is 0 Å². The molecule has 1 heterocycles. The SMILES string of the molecule is CC(CC(=O)N1CCC(O)(C(=O)O)C1)NC(=O)OCC1c2ccccc2-c2ccccc21. The maximum atomic E-state index is 12.4. The number of nitrogens with zero attached hydrogens (tertiary/aromatic N) is 1. The molecule has 0 saturated carbocycles. The van der Waals surface area contributed by atoms with Crippen molar-refractivity contribution >= 4 is 18.0 Å². The normalized spacial score (nSPS) is 20.4. The molecule has 2 unspecified atom stereocenters. The van der Waals surface area contributed by atoms with Crippen LogP contribution in [0.2, 0.25) is 0 Å². The first-order chi connectivity index (χ1) is 15.3. The van der Waals surface area contributed by atoms with Crippen LogP contribution in [0.25, 0.3) is 11.1 Å². The fourth-order valence-corrected chi connectivity index (χ4v) is 4.46. The van der Waals surface area contributed by atoms with Gasteiger partial charge >= 0.3 is 12.1 Å². The zero-order valence-corrected chi connectivity index (χ0v) is 17.8. The minimum atomic E-state index is -1.90. The van der Waals surface area contributed by atoms with Crippen LogP contribution in [-0.4, -0.2) is 64.4 Å². The standard InChI is InChI=1S/C24H26N2O6/c1-15(12-21(27)26-11-10-24(31,14-26)22(28)29)25-23(30)32-13-20-18-8-4-2-6-16(18)17-7-3-5-9-19(17)20/h2-9,15,20,31H,10-14H2,1H3,(H,25,30)(H,28,29). The number of nitrogens with one attached hydrogen (secondary N) is 1. The van der Waals surface area contributed by atoms with Crippen LogP contribution in [0.5, 0.6) is 0 Å². The van der Waals surface area contributed by atoms with Crippen LogP contribution in [0.4, 0.5) is 4.79 Å². The molecule has 2 aromatic rings. The Morgan fingerprint density at radius 1 is 1.12 bits per heavy atom. The highest BCUT2D eigenvalue weighted by Gasteiger charge is 2.44. The number of aliphatic hydroxyl groups is 1. The van der Waals surface area contributed by atoms with Gasteiger partial charge in [0.15, 0.2) is 5.60 Å². The van der Waals surface area contributed by atoms with E-state index in [-0.39, 0.29) is 44.4 Å². The largest absolute Gasteiger partial charge is 0.479 e. The van der Waals surface area contributed by atoms with E-state index in [1.165, 1.54) is 4.90 Å². The van der Waals surface area contributed by atoms with Crippen molar-refractivity contribution in [1.82, 2.24) is 10.2 Å². The van der Waals surface area contributed by atoms with Gasteiger partial charge in [0.2, 0.25) is 5.91 Å². The van der Waals surface area contributed by atoms with E-state index in [9.17, 15) is 19.5 Å². The first-order valence-electron chi connectivity index (χ1n) is 10.6. The molecule has 2 aromatic carbocycles. The average Bonchev–Trinajstić information content (AvgIpc) is 3.32. The topological polar surface area (TPSA) is 116 Å². The Labute approximate surface area is 185 Å². The molecule has 2 amide bonds. The van der Waals surface area contributed by atoms with Crippen molar-refractivity contribution in [1.29, 1.82) is 0 Å². The van der Waals surface area contributed by atoms with E-state index in [1.807, 2.05) is 36.4 Å². The van der Waals surface area contributed by atoms with E-state index in [0.29, 0.717) is 0 Å². The number of carbonyl (C=O) groups is 3. The van der Waals surface area contributed by atoms with Crippen molar-refractivity contribution in [2.75, 3.05) is 19.7 Å². The Bertz CT molecular complexity index is 1010. The predicted molar refractivity (Wildman–Crippen MR) is 116 cm³/mol. The van der Waals surface area contributed by atoms with Gasteiger partial charge in [-0.15, -0.1) is 0 Å². The molecule has 3 N–H and O–H groups in total. The average molecular weight is 438 g/mol. The molecular weight excluding hydrogens is 412 g/mol. The molecule has 8 heteroatoms. The molecule has 32 heavy (non-hydrogen) atoms. The van der Waals surface area contributed by atoms with Gasteiger partial charge in [-0.05, 0) is 29.2 Å². The second kappa shape index (κ2) is 8.63. The number of aliphatic carboxylic acids is 1. The lowest BCUT2D eigenvalue weighted by molar-refractivity contribution is -0.157. The molecule has 0 spiro atoms. The van der Waals surface area contributed by atoms with Crippen molar-refractivity contribution < 1.29 is 29.3 Å². The lowest BCUT2D eigenvalue weighted by Gasteiger charge is -2.21. The van der Waals surface area contributed by atoms with Crippen LogP contribution in [-0.2, 0) is 14.3 Å². The Hall–Kier alpha value is -3.39. The van der Waals surface area contributed by atoms with Crippen LogP contribution >= 0.6 is 0 Å². The number of amides is 2. The minimum absolute atomic E-state index is 0.0116. The maximum absolute atomic E-state index is 12.4. The van der Waals surface area contributed by atoms with Gasteiger partial charge in [-0.1, -0.05) is 48.5 Å². The summed E-state index contributed by atoms with van der Waals surface area (Å²) >= 11 is 0. The van der Waals surface area contributed by atoms with Crippen LogP contribution in [0, 0.1) is 0 Å². The van der Waals surface area contributed by atoms with Gasteiger partial charge in [0.25, 0.3) is 0 Å². The number of ether oxygens (including phenoxy) is 1. The molecule has 1 fully saturated rings. The van der Waals surface area contributed by atoms with Crippen LogP contribution < -0.4 is 5.32 Å². The number of carbonyl (C=O) groups excluding carboxylic acids is 2. The fourth-order valence-electron chi connectivity index (χ4n) is 4.46. The van der Waals surface area contributed by atoms with Gasteiger partial charge in [-0.2, -0.15) is 0 Å². The molecule has 0 radical (unpaired) electrons. The summed E-state index contributed by atoms with van der Waals surface area (Å²) in [5.74, 6) is -1.71. The van der Waals surface area contributed by atoms with Crippen molar-refractivity contribution in [2.45, 2.75) is 37.3 Å². The van der Waals surface area contributed by atoms with Crippen molar-refractivity contribution in [3.05, 3.63) is 59.7 Å². The van der Waals surface area contributed by atoms with E-state index < -0.39 is 23.7 Å². The van der Waals surface area contributed by atoms with Gasteiger partial charge in [0.05, 0.1) is 6.54 Å². The number of rotatable bonds is 6. The first kappa shape index (κ1) is 21.8. The van der Waals surface area contributed by atoms with Crippen LogP contribution in [0.3, 0.4) is 0 Å². The first-order valence-corrected chi connectivity index (χ1v) is 10.6. The number of benzene rings is 2. The van der Waals surface area contributed by atoms with Crippen LogP contribution in [0.1, 0.15) is 36.8 Å². The van der Waals surface area contributed by atoms with E-state index in [2.05, 4.69) is 17.4 Å². The zero-order chi connectivity index (χ0) is 22.9. The van der Waals surface area contributed by atoms with E-state index in [0.717, 1.165) is 22.3 Å².